The number of aliphatic imine (C=N–C) groups is 1. The first-order valence-corrected chi connectivity index (χ1v) is 18.9. The molecule has 7 heteroatoms. The molecular weight excluding hydrogens is 699 g/mol. The molecule has 0 bridgehead atoms. The third kappa shape index (κ3) is 5.72. The van der Waals surface area contributed by atoms with E-state index in [0.717, 1.165) is 100 Å². The van der Waals surface area contributed by atoms with Gasteiger partial charge >= 0.3 is 0 Å². The molecule has 0 saturated carbocycles. The zero-order valence-corrected chi connectivity index (χ0v) is 31.2. The first-order valence-electron chi connectivity index (χ1n) is 18.9. The quantitative estimate of drug-likeness (QED) is 0.146. The van der Waals surface area contributed by atoms with Crippen molar-refractivity contribution in [3.05, 3.63) is 182 Å². The number of nitrogens with zero attached hydrogens (tertiary/aromatic N) is 7. The molecule has 0 N–H and O–H groups in total. The fourth-order valence-electron chi connectivity index (χ4n) is 8.12. The zero-order valence-electron chi connectivity index (χ0n) is 31.2. The highest BCUT2D eigenvalue weighted by Crippen LogP contribution is 2.42. The van der Waals surface area contributed by atoms with E-state index in [1.54, 1.807) is 0 Å². The van der Waals surface area contributed by atoms with Gasteiger partial charge in [0.25, 0.3) is 0 Å². The molecule has 6 heterocycles. The van der Waals surface area contributed by atoms with Crippen molar-refractivity contribution in [1.29, 1.82) is 0 Å². The van der Waals surface area contributed by atoms with Gasteiger partial charge in [0.15, 0.2) is 0 Å². The van der Waals surface area contributed by atoms with Crippen LogP contribution in [0.3, 0.4) is 0 Å². The van der Waals surface area contributed by atoms with Crippen molar-refractivity contribution in [3.8, 4) is 56.1 Å². The fourth-order valence-corrected chi connectivity index (χ4v) is 8.12. The van der Waals surface area contributed by atoms with Gasteiger partial charge < -0.3 is 9.13 Å². The number of fused-ring (bicyclic) bond motifs is 4. The molecular formula is C50H35N7. The largest absolute Gasteiger partial charge is 0.306 e. The number of hydrogen-bond acceptors (Lipinski definition) is 5. The Morgan fingerprint density at radius 2 is 1.09 bits per heavy atom. The maximum atomic E-state index is 4.91. The van der Waals surface area contributed by atoms with Gasteiger partial charge in [-0.1, -0.05) is 78.9 Å². The van der Waals surface area contributed by atoms with Crippen LogP contribution in [0.5, 0.6) is 0 Å². The molecule has 0 spiro atoms. The van der Waals surface area contributed by atoms with Gasteiger partial charge in [-0.05, 0) is 109 Å². The van der Waals surface area contributed by atoms with Crippen molar-refractivity contribution in [2.45, 2.75) is 6.92 Å². The molecule has 57 heavy (non-hydrogen) atoms. The van der Waals surface area contributed by atoms with Gasteiger partial charge in [-0.2, -0.15) is 0 Å². The van der Waals surface area contributed by atoms with Crippen LogP contribution in [0.4, 0.5) is 5.69 Å². The molecule has 0 amide bonds. The van der Waals surface area contributed by atoms with Crippen molar-refractivity contribution >= 4 is 51.3 Å². The summed E-state index contributed by atoms with van der Waals surface area (Å²) in [5.41, 5.74) is 15.9. The molecule has 0 aliphatic heterocycles. The number of pyridine rings is 4. The number of hydrogen-bond donors (Lipinski definition) is 0. The molecule has 0 aliphatic rings. The van der Waals surface area contributed by atoms with Crippen LogP contribution in [-0.2, 0) is 0 Å². The van der Waals surface area contributed by atoms with Gasteiger partial charge in [-0.3, -0.25) is 24.9 Å². The lowest BCUT2D eigenvalue weighted by Gasteiger charge is -2.13. The van der Waals surface area contributed by atoms with Gasteiger partial charge in [0.2, 0.25) is 0 Å². The Labute approximate surface area is 329 Å². The summed E-state index contributed by atoms with van der Waals surface area (Å²) in [5, 5.41) is 2.05. The third-order valence-corrected chi connectivity index (χ3v) is 10.6. The van der Waals surface area contributed by atoms with E-state index >= 15 is 0 Å². The van der Waals surface area contributed by atoms with Crippen LogP contribution in [-0.4, -0.2) is 35.8 Å². The molecule has 0 saturated heterocycles. The highest BCUT2D eigenvalue weighted by molar-refractivity contribution is 6.09. The van der Waals surface area contributed by atoms with E-state index in [-0.39, 0.29) is 0 Å². The molecule has 7 nitrogen and oxygen atoms in total. The summed E-state index contributed by atoms with van der Waals surface area (Å²) in [6.45, 7) is 6.06. The summed E-state index contributed by atoms with van der Waals surface area (Å²) in [4.78, 5) is 23.7. The molecule has 6 aromatic heterocycles. The number of benzene rings is 4. The molecule has 0 fully saturated rings. The summed E-state index contributed by atoms with van der Waals surface area (Å²) in [6.07, 6.45) is 13.5. The summed E-state index contributed by atoms with van der Waals surface area (Å²) in [6, 6.07) is 48.3. The second kappa shape index (κ2) is 14.1. The van der Waals surface area contributed by atoms with Crippen LogP contribution >= 0.6 is 0 Å². The smallest absolute Gasteiger partial charge is 0.0963 e. The lowest BCUT2D eigenvalue weighted by Crippen LogP contribution is -2.01. The van der Waals surface area contributed by atoms with Crippen molar-refractivity contribution < 1.29 is 0 Å². The van der Waals surface area contributed by atoms with Crippen molar-refractivity contribution in [1.82, 2.24) is 29.1 Å². The van der Waals surface area contributed by atoms with Crippen LogP contribution < -0.4 is 0 Å². The van der Waals surface area contributed by atoms with Gasteiger partial charge in [0.05, 0.1) is 68.6 Å². The van der Waals surface area contributed by atoms with Crippen LogP contribution in [0, 0.1) is 0 Å². The number of allylic oxidation sites excluding steroid dienone is 1. The number of aromatic nitrogens is 6. The molecule has 0 radical (unpaired) electrons. The maximum absolute atomic E-state index is 4.91. The Hall–Kier alpha value is -7.77. The molecule has 4 aromatic carbocycles. The molecule has 0 aliphatic carbocycles. The van der Waals surface area contributed by atoms with Gasteiger partial charge in [-0.15, -0.1) is 0 Å². The van der Waals surface area contributed by atoms with E-state index in [9.17, 15) is 0 Å². The standard InChI is InChI=1S/C50H35N7/c1-3-13-47-49(51-2)41-28-33(37-14-4-6-16-39(37)43-18-8-10-25-53-43)21-23-45(41)56(47)35-30-36(32-52-31-35)57-46-24-22-34(29-42(46)50-48(57)20-12-27-55-50)38-15-5-7-17-40(38)44-19-9-11-26-54-44/h3-32H,2H2,1H3/b13-3-. The average molecular weight is 734 g/mol. The average Bonchev–Trinajstić information content (AvgIpc) is 3.78. The van der Waals surface area contributed by atoms with E-state index in [2.05, 4.69) is 140 Å². The highest BCUT2D eigenvalue weighted by Gasteiger charge is 2.21. The maximum Gasteiger partial charge on any atom is 0.0963 e. The van der Waals surface area contributed by atoms with Crippen molar-refractivity contribution in [2.75, 3.05) is 0 Å². The Bertz CT molecular complexity index is 3160. The third-order valence-electron chi connectivity index (χ3n) is 10.6. The van der Waals surface area contributed by atoms with Crippen molar-refractivity contribution in [2.24, 2.45) is 4.99 Å². The monoisotopic (exact) mass is 733 g/mol. The first-order chi connectivity index (χ1) is 28.2. The Balaban J connectivity index is 1.13. The van der Waals surface area contributed by atoms with Crippen LogP contribution in [0.25, 0.3) is 95.1 Å². The van der Waals surface area contributed by atoms with E-state index in [0.29, 0.717) is 0 Å². The Morgan fingerprint density at radius 3 is 1.68 bits per heavy atom. The highest BCUT2D eigenvalue weighted by atomic mass is 15.1. The summed E-state index contributed by atoms with van der Waals surface area (Å²) in [5.74, 6) is 0. The second-order valence-corrected chi connectivity index (χ2v) is 13.8. The predicted octanol–water partition coefficient (Wildman–Crippen LogP) is 12.3. The second-order valence-electron chi connectivity index (χ2n) is 13.8. The van der Waals surface area contributed by atoms with Gasteiger partial charge in [-0.25, -0.2) is 0 Å². The molecule has 10 aromatic rings. The minimum absolute atomic E-state index is 0.810. The van der Waals surface area contributed by atoms with Crippen LogP contribution in [0.15, 0.2) is 182 Å². The SMILES string of the molecule is C=Nc1c(/C=C\C)n(-c2cncc(-n3c4ccc(-c5ccccc5-c5ccccn5)cc4c4ncccc43)c2)c2ccc(-c3ccccc3-c3ccccn3)cc12. The van der Waals surface area contributed by atoms with Crippen LogP contribution in [0.2, 0.25) is 0 Å². The van der Waals surface area contributed by atoms with Gasteiger partial charge in [0, 0.05) is 40.5 Å². The Kier molecular flexibility index (Phi) is 8.38. The summed E-state index contributed by atoms with van der Waals surface area (Å²) >= 11 is 0. The fraction of sp³-hybridized carbons (Fsp3) is 0.0200. The predicted molar refractivity (Wildman–Crippen MR) is 234 cm³/mol. The minimum atomic E-state index is 0.810. The first kappa shape index (κ1) is 33.8. The summed E-state index contributed by atoms with van der Waals surface area (Å²) in [7, 11) is 0. The van der Waals surface area contributed by atoms with E-state index in [1.807, 2.05) is 80.4 Å². The van der Waals surface area contributed by atoms with Crippen LogP contribution in [0.1, 0.15) is 12.6 Å². The topological polar surface area (TPSA) is 73.8 Å². The number of rotatable bonds is 8. The van der Waals surface area contributed by atoms with E-state index in [1.165, 1.54) is 0 Å². The lowest BCUT2D eigenvalue weighted by atomic mass is 9.96. The lowest BCUT2D eigenvalue weighted by molar-refractivity contribution is 1.05. The molecule has 270 valence electrons. The molecule has 0 unspecified atom stereocenters. The van der Waals surface area contributed by atoms with E-state index in [4.69, 9.17) is 9.97 Å². The molecule has 0 atom stereocenters. The zero-order chi connectivity index (χ0) is 38.3. The Morgan fingerprint density at radius 1 is 0.526 bits per heavy atom. The van der Waals surface area contributed by atoms with Crippen molar-refractivity contribution in [3.63, 3.8) is 0 Å². The minimum Gasteiger partial charge on any atom is -0.306 e. The van der Waals surface area contributed by atoms with E-state index < -0.39 is 0 Å². The molecule has 10 rings (SSSR count). The summed E-state index contributed by atoms with van der Waals surface area (Å²) < 4.78 is 4.48. The normalized spacial score (nSPS) is 11.6. The van der Waals surface area contributed by atoms with Gasteiger partial charge in [0.1, 0.15) is 0 Å².